The molecule has 22 heavy (non-hydrogen) atoms. The van der Waals surface area contributed by atoms with Crippen molar-refractivity contribution >= 4 is 40.9 Å². The van der Waals surface area contributed by atoms with Crippen LogP contribution in [0.3, 0.4) is 0 Å². The Bertz CT molecular complexity index is 719. The molecule has 0 aromatic heterocycles. The predicted octanol–water partition coefficient (Wildman–Crippen LogP) is 3.48. The molecule has 2 aromatic rings. The Morgan fingerprint density at radius 3 is 2.68 bits per heavy atom. The summed E-state index contributed by atoms with van der Waals surface area (Å²) in [6, 6.07) is 12.4. The number of thioether (sulfide) groups is 1. The van der Waals surface area contributed by atoms with Crippen LogP contribution in [0.4, 0.5) is 5.69 Å². The van der Waals surface area contributed by atoms with E-state index in [2.05, 4.69) is 5.32 Å². The first-order chi connectivity index (χ1) is 10.5. The van der Waals surface area contributed by atoms with Gasteiger partial charge in [0, 0.05) is 15.6 Å². The van der Waals surface area contributed by atoms with Crippen LogP contribution < -0.4 is 11.1 Å². The third-order valence-electron chi connectivity index (χ3n) is 2.95. The van der Waals surface area contributed by atoms with Gasteiger partial charge in [-0.2, -0.15) is 0 Å². The molecule has 0 unspecified atom stereocenters. The summed E-state index contributed by atoms with van der Waals surface area (Å²) in [4.78, 5) is 24.1. The van der Waals surface area contributed by atoms with Crippen molar-refractivity contribution in [3.05, 3.63) is 58.6 Å². The Kier molecular flexibility index (Phi) is 5.46. The maximum atomic E-state index is 12.5. The zero-order valence-electron chi connectivity index (χ0n) is 11.9. The van der Waals surface area contributed by atoms with Crippen LogP contribution in [0.5, 0.6) is 0 Å². The van der Waals surface area contributed by atoms with Crippen LogP contribution in [0.1, 0.15) is 15.9 Å². The molecule has 0 bridgehead atoms. The topological polar surface area (TPSA) is 72.2 Å². The van der Waals surface area contributed by atoms with Crippen molar-refractivity contribution in [2.24, 2.45) is 5.73 Å². The van der Waals surface area contributed by atoms with E-state index >= 15 is 0 Å². The molecule has 0 aliphatic rings. The Morgan fingerprint density at radius 1 is 1.23 bits per heavy atom. The van der Waals surface area contributed by atoms with Gasteiger partial charge in [0.1, 0.15) is 0 Å². The van der Waals surface area contributed by atoms with Crippen molar-refractivity contribution in [1.82, 2.24) is 0 Å². The minimum atomic E-state index is -0.425. The highest BCUT2D eigenvalue weighted by Crippen LogP contribution is 2.25. The summed E-state index contributed by atoms with van der Waals surface area (Å²) in [6.07, 6.45) is 0. The highest BCUT2D eigenvalue weighted by Gasteiger charge is 2.13. The second kappa shape index (κ2) is 7.33. The number of hydrogen-bond acceptors (Lipinski definition) is 3. The predicted molar refractivity (Wildman–Crippen MR) is 90.5 cm³/mol. The van der Waals surface area contributed by atoms with Crippen LogP contribution in [-0.4, -0.2) is 17.6 Å². The summed E-state index contributed by atoms with van der Waals surface area (Å²) in [6.45, 7) is 1.89. The van der Waals surface area contributed by atoms with E-state index < -0.39 is 5.91 Å². The first-order valence-electron chi connectivity index (χ1n) is 6.55. The molecule has 0 aliphatic heterocycles. The van der Waals surface area contributed by atoms with E-state index in [1.807, 2.05) is 19.1 Å². The largest absolute Gasteiger partial charge is 0.369 e. The normalized spacial score (nSPS) is 10.3. The van der Waals surface area contributed by atoms with Crippen LogP contribution >= 0.6 is 23.4 Å². The van der Waals surface area contributed by atoms with Gasteiger partial charge in [-0.25, -0.2) is 0 Å². The Labute approximate surface area is 138 Å². The number of benzene rings is 2. The first-order valence-corrected chi connectivity index (χ1v) is 7.91. The van der Waals surface area contributed by atoms with E-state index in [-0.39, 0.29) is 11.7 Å². The number of nitrogens with one attached hydrogen (secondary N) is 1. The van der Waals surface area contributed by atoms with Gasteiger partial charge in [-0.1, -0.05) is 29.8 Å². The number of halogens is 1. The van der Waals surface area contributed by atoms with Crippen molar-refractivity contribution in [1.29, 1.82) is 0 Å². The van der Waals surface area contributed by atoms with Gasteiger partial charge in [0.2, 0.25) is 5.91 Å². The molecule has 0 heterocycles. The minimum absolute atomic E-state index is 0.125. The summed E-state index contributed by atoms with van der Waals surface area (Å²) in [5, 5.41) is 3.40. The number of rotatable bonds is 5. The van der Waals surface area contributed by atoms with E-state index in [1.54, 1.807) is 30.3 Å². The molecule has 0 atom stereocenters. The average Bonchev–Trinajstić information content (AvgIpc) is 2.49. The lowest BCUT2D eigenvalue weighted by Gasteiger charge is -2.11. The molecule has 6 heteroatoms. The maximum absolute atomic E-state index is 12.5. The molecule has 4 nitrogen and oxygen atoms in total. The van der Waals surface area contributed by atoms with Crippen molar-refractivity contribution < 1.29 is 9.59 Å². The third kappa shape index (κ3) is 4.26. The van der Waals surface area contributed by atoms with Gasteiger partial charge < -0.3 is 11.1 Å². The van der Waals surface area contributed by atoms with Gasteiger partial charge in [0.25, 0.3) is 5.91 Å². The summed E-state index contributed by atoms with van der Waals surface area (Å²) in [5.74, 6) is -0.552. The number of amides is 2. The quantitative estimate of drug-likeness (QED) is 0.822. The molecule has 2 aromatic carbocycles. The highest BCUT2D eigenvalue weighted by molar-refractivity contribution is 8.00. The van der Waals surface area contributed by atoms with Gasteiger partial charge in [0.15, 0.2) is 0 Å². The fourth-order valence-corrected chi connectivity index (χ4v) is 2.81. The number of hydrogen-bond donors (Lipinski definition) is 2. The van der Waals surface area contributed by atoms with Crippen molar-refractivity contribution in [3.63, 3.8) is 0 Å². The van der Waals surface area contributed by atoms with Gasteiger partial charge in [0.05, 0.1) is 11.3 Å². The molecule has 0 spiro atoms. The standard InChI is InChI=1S/C16H15ClN2O2S/c1-10-6-7-11(17)8-13(10)19-16(21)12-4-2-3-5-14(12)22-9-15(18)20/h2-8H,9H2,1H3,(H2,18,20)(H,19,21). The fraction of sp³-hybridized carbons (Fsp3) is 0.125. The smallest absolute Gasteiger partial charge is 0.256 e. The molecule has 0 saturated carbocycles. The lowest BCUT2D eigenvalue weighted by Crippen LogP contribution is -2.16. The molecule has 2 rings (SSSR count). The fourth-order valence-electron chi connectivity index (χ4n) is 1.85. The summed E-state index contributed by atoms with van der Waals surface area (Å²) in [7, 11) is 0. The molecule has 0 radical (unpaired) electrons. The molecule has 114 valence electrons. The van der Waals surface area contributed by atoms with Gasteiger partial charge in [-0.15, -0.1) is 11.8 Å². The second-order valence-electron chi connectivity index (χ2n) is 4.66. The van der Waals surface area contributed by atoms with Crippen molar-refractivity contribution in [2.75, 3.05) is 11.1 Å². The van der Waals surface area contributed by atoms with E-state index in [0.717, 1.165) is 5.56 Å². The van der Waals surface area contributed by atoms with Crippen LogP contribution in [0.25, 0.3) is 0 Å². The SMILES string of the molecule is Cc1ccc(Cl)cc1NC(=O)c1ccccc1SCC(N)=O. The summed E-state index contributed by atoms with van der Waals surface area (Å²) < 4.78 is 0. The zero-order valence-corrected chi connectivity index (χ0v) is 13.5. The van der Waals surface area contributed by atoms with Gasteiger partial charge in [-0.3, -0.25) is 9.59 Å². The molecule has 0 fully saturated rings. The van der Waals surface area contributed by atoms with E-state index in [0.29, 0.717) is 21.2 Å². The lowest BCUT2D eigenvalue weighted by atomic mass is 10.1. The van der Waals surface area contributed by atoms with Gasteiger partial charge >= 0.3 is 0 Å². The molecular weight excluding hydrogens is 320 g/mol. The molecule has 0 saturated heterocycles. The first kappa shape index (κ1) is 16.4. The van der Waals surface area contributed by atoms with Crippen molar-refractivity contribution in [2.45, 2.75) is 11.8 Å². The molecule has 3 N–H and O–H groups in total. The number of anilines is 1. The zero-order chi connectivity index (χ0) is 16.1. The number of carbonyl (C=O) groups is 2. The monoisotopic (exact) mass is 334 g/mol. The number of nitrogens with two attached hydrogens (primary N) is 1. The number of aryl methyl sites for hydroxylation is 1. The van der Waals surface area contributed by atoms with Crippen LogP contribution in [0, 0.1) is 6.92 Å². The third-order valence-corrected chi connectivity index (χ3v) is 4.28. The molecule has 0 aliphatic carbocycles. The Morgan fingerprint density at radius 2 is 1.95 bits per heavy atom. The summed E-state index contributed by atoms with van der Waals surface area (Å²) >= 11 is 7.20. The molecule has 2 amide bonds. The van der Waals surface area contributed by atoms with Crippen LogP contribution in [0.15, 0.2) is 47.4 Å². The average molecular weight is 335 g/mol. The lowest BCUT2D eigenvalue weighted by molar-refractivity contribution is -0.115. The highest BCUT2D eigenvalue weighted by atomic mass is 35.5. The summed E-state index contributed by atoms with van der Waals surface area (Å²) in [5.41, 5.74) is 7.22. The van der Waals surface area contributed by atoms with Gasteiger partial charge in [-0.05, 0) is 36.8 Å². The Hall–Kier alpha value is -1.98. The van der Waals surface area contributed by atoms with Crippen LogP contribution in [-0.2, 0) is 4.79 Å². The number of carbonyl (C=O) groups excluding carboxylic acids is 2. The van der Waals surface area contributed by atoms with E-state index in [1.165, 1.54) is 11.8 Å². The van der Waals surface area contributed by atoms with E-state index in [9.17, 15) is 9.59 Å². The van der Waals surface area contributed by atoms with Crippen LogP contribution in [0.2, 0.25) is 5.02 Å². The molecular formula is C16H15ClN2O2S. The maximum Gasteiger partial charge on any atom is 0.256 e. The van der Waals surface area contributed by atoms with E-state index in [4.69, 9.17) is 17.3 Å². The van der Waals surface area contributed by atoms with Crippen molar-refractivity contribution in [3.8, 4) is 0 Å². The number of primary amides is 1. The minimum Gasteiger partial charge on any atom is -0.369 e. The second-order valence-corrected chi connectivity index (χ2v) is 6.12. The Balaban J connectivity index is 2.22.